The predicted octanol–water partition coefficient (Wildman–Crippen LogP) is 3.52. The molecule has 0 N–H and O–H groups in total. The minimum atomic E-state index is -0.188. The Morgan fingerprint density at radius 1 is 1.15 bits per heavy atom. The Morgan fingerprint density at radius 3 is 2.74 bits per heavy atom. The molecule has 0 amide bonds. The molecule has 1 aliphatic rings. The van der Waals surface area contributed by atoms with E-state index in [2.05, 4.69) is 27.3 Å². The van der Waals surface area contributed by atoms with Gasteiger partial charge in [0.15, 0.2) is 6.23 Å². The van der Waals surface area contributed by atoms with Crippen LogP contribution in [-0.4, -0.2) is 40.2 Å². The van der Waals surface area contributed by atoms with Crippen LogP contribution in [0.15, 0.2) is 54.7 Å². The predicted molar refractivity (Wildman–Crippen MR) is 103 cm³/mol. The minimum absolute atomic E-state index is 0.188. The molecule has 0 aliphatic carbocycles. The second-order valence-electron chi connectivity index (χ2n) is 6.47. The number of nitrogens with zero attached hydrogens (tertiary/aromatic N) is 4. The Morgan fingerprint density at radius 2 is 1.96 bits per heavy atom. The second-order valence-corrected chi connectivity index (χ2v) is 6.88. The molecule has 1 atom stereocenters. The SMILES string of the molecule is COc1ccc(CN2CCO[C@@H]2c2cn(Cc3ccccc3Cl)nn2)cc1. The topological polar surface area (TPSA) is 52.4 Å². The van der Waals surface area contributed by atoms with E-state index >= 15 is 0 Å². The zero-order valence-corrected chi connectivity index (χ0v) is 15.8. The van der Waals surface area contributed by atoms with Gasteiger partial charge in [-0.3, -0.25) is 4.90 Å². The van der Waals surface area contributed by atoms with E-state index in [1.165, 1.54) is 5.56 Å². The average molecular weight is 385 g/mol. The zero-order valence-electron chi connectivity index (χ0n) is 15.1. The third-order valence-corrected chi connectivity index (χ3v) is 5.00. The molecule has 6 nitrogen and oxygen atoms in total. The molecule has 1 fully saturated rings. The van der Waals surface area contributed by atoms with Crippen LogP contribution in [0.1, 0.15) is 23.0 Å². The van der Waals surface area contributed by atoms with Crippen LogP contribution in [0.3, 0.4) is 0 Å². The van der Waals surface area contributed by atoms with Crippen LogP contribution in [0, 0.1) is 0 Å². The lowest BCUT2D eigenvalue weighted by atomic mass is 10.2. The molecule has 0 unspecified atom stereocenters. The maximum Gasteiger partial charge on any atom is 0.157 e. The summed E-state index contributed by atoms with van der Waals surface area (Å²) in [6, 6.07) is 15.8. The van der Waals surface area contributed by atoms with Crippen LogP contribution < -0.4 is 4.74 Å². The van der Waals surface area contributed by atoms with Crippen molar-refractivity contribution in [1.29, 1.82) is 0 Å². The van der Waals surface area contributed by atoms with E-state index in [0.29, 0.717) is 13.2 Å². The maximum atomic E-state index is 6.24. The number of hydrogen-bond donors (Lipinski definition) is 0. The third kappa shape index (κ3) is 4.13. The highest BCUT2D eigenvalue weighted by Gasteiger charge is 2.29. The van der Waals surface area contributed by atoms with Crippen molar-refractivity contribution in [2.45, 2.75) is 19.3 Å². The van der Waals surface area contributed by atoms with Gasteiger partial charge in [0, 0.05) is 18.1 Å². The standard InChI is InChI=1S/C20H21ClN4O2/c1-26-17-8-6-15(7-9-17)12-24-10-11-27-20(24)19-14-25(23-22-19)13-16-4-2-3-5-18(16)21/h2-9,14,20H,10-13H2,1H3/t20-/m1/s1. The summed E-state index contributed by atoms with van der Waals surface area (Å²) in [6.45, 7) is 2.90. The van der Waals surface area contributed by atoms with Gasteiger partial charge in [-0.1, -0.05) is 47.1 Å². The Kier molecular flexibility index (Phi) is 5.38. The van der Waals surface area contributed by atoms with E-state index in [1.54, 1.807) is 11.8 Å². The number of hydrogen-bond acceptors (Lipinski definition) is 5. The highest BCUT2D eigenvalue weighted by atomic mass is 35.5. The molecule has 0 saturated carbocycles. The van der Waals surface area contributed by atoms with Crippen molar-refractivity contribution < 1.29 is 9.47 Å². The number of rotatable bonds is 6. The maximum absolute atomic E-state index is 6.24. The van der Waals surface area contributed by atoms with E-state index in [0.717, 1.165) is 35.1 Å². The first-order chi connectivity index (χ1) is 13.2. The number of halogens is 1. The number of methoxy groups -OCH3 is 1. The summed E-state index contributed by atoms with van der Waals surface area (Å²) in [5.41, 5.74) is 3.03. The molecule has 4 rings (SSSR count). The van der Waals surface area contributed by atoms with Gasteiger partial charge in [-0.25, -0.2) is 4.68 Å². The molecule has 2 aromatic carbocycles. The van der Waals surface area contributed by atoms with Gasteiger partial charge in [0.25, 0.3) is 0 Å². The van der Waals surface area contributed by atoms with Crippen molar-refractivity contribution in [2.24, 2.45) is 0 Å². The first kappa shape index (κ1) is 18.0. The molecular weight excluding hydrogens is 364 g/mol. The van der Waals surface area contributed by atoms with Crippen molar-refractivity contribution in [3.8, 4) is 5.75 Å². The highest BCUT2D eigenvalue weighted by molar-refractivity contribution is 6.31. The summed E-state index contributed by atoms with van der Waals surface area (Å²) in [7, 11) is 1.67. The van der Waals surface area contributed by atoms with Crippen LogP contribution in [0.25, 0.3) is 0 Å². The fourth-order valence-electron chi connectivity index (χ4n) is 3.21. The van der Waals surface area contributed by atoms with E-state index in [4.69, 9.17) is 21.1 Å². The van der Waals surface area contributed by atoms with Crippen LogP contribution in [0.5, 0.6) is 5.75 Å². The van der Waals surface area contributed by atoms with Gasteiger partial charge in [0.2, 0.25) is 0 Å². The Bertz CT molecular complexity index is 897. The van der Waals surface area contributed by atoms with E-state index in [9.17, 15) is 0 Å². The number of benzene rings is 2. The smallest absolute Gasteiger partial charge is 0.157 e. The van der Waals surface area contributed by atoms with E-state index in [1.807, 2.05) is 42.6 Å². The first-order valence-corrected chi connectivity index (χ1v) is 9.23. The lowest BCUT2D eigenvalue weighted by molar-refractivity contribution is 0.0252. The largest absolute Gasteiger partial charge is 0.497 e. The molecule has 140 valence electrons. The van der Waals surface area contributed by atoms with Gasteiger partial charge in [-0.05, 0) is 29.3 Å². The molecule has 1 aromatic heterocycles. The van der Waals surface area contributed by atoms with Crippen LogP contribution >= 0.6 is 11.6 Å². The summed E-state index contributed by atoms with van der Waals surface area (Å²) >= 11 is 6.24. The first-order valence-electron chi connectivity index (χ1n) is 8.85. The normalized spacial score (nSPS) is 17.3. The van der Waals surface area contributed by atoms with Crippen LogP contribution in [-0.2, 0) is 17.8 Å². The van der Waals surface area contributed by atoms with Gasteiger partial charge < -0.3 is 9.47 Å². The minimum Gasteiger partial charge on any atom is -0.497 e. The summed E-state index contributed by atoms with van der Waals surface area (Å²) in [5.74, 6) is 0.857. The van der Waals surface area contributed by atoms with Gasteiger partial charge in [-0.2, -0.15) is 0 Å². The van der Waals surface area contributed by atoms with Gasteiger partial charge in [-0.15, -0.1) is 5.10 Å². The molecule has 0 spiro atoms. The fraction of sp³-hybridized carbons (Fsp3) is 0.300. The Labute approximate surface area is 163 Å². The molecular formula is C20H21ClN4O2. The summed E-state index contributed by atoms with van der Waals surface area (Å²) in [6.07, 6.45) is 1.74. The summed E-state index contributed by atoms with van der Waals surface area (Å²) in [4.78, 5) is 2.26. The molecule has 2 heterocycles. The van der Waals surface area contributed by atoms with E-state index < -0.39 is 0 Å². The van der Waals surface area contributed by atoms with Crippen molar-refractivity contribution in [3.63, 3.8) is 0 Å². The molecule has 0 bridgehead atoms. The molecule has 1 aliphatic heterocycles. The van der Waals surface area contributed by atoms with Crippen molar-refractivity contribution in [2.75, 3.05) is 20.3 Å². The van der Waals surface area contributed by atoms with Crippen molar-refractivity contribution in [1.82, 2.24) is 19.9 Å². The average Bonchev–Trinajstić information content (AvgIpc) is 3.33. The zero-order chi connectivity index (χ0) is 18.6. The van der Waals surface area contributed by atoms with Crippen molar-refractivity contribution in [3.05, 3.63) is 76.6 Å². The fourth-order valence-corrected chi connectivity index (χ4v) is 3.40. The molecule has 3 aromatic rings. The summed E-state index contributed by atoms with van der Waals surface area (Å²) in [5, 5.41) is 9.30. The quantitative estimate of drug-likeness (QED) is 0.650. The van der Waals surface area contributed by atoms with Gasteiger partial charge in [0.1, 0.15) is 11.4 Å². The number of aromatic nitrogens is 3. The van der Waals surface area contributed by atoms with E-state index in [-0.39, 0.29) is 6.23 Å². The molecule has 0 radical (unpaired) electrons. The highest BCUT2D eigenvalue weighted by Crippen LogP contribution is 2.27. The third-order valence-electron chi connectivity index (χ3n) is 4.63. The van der Waals surface area contributed by atoms with Gasteiger partial charge >= 0.3 is 0 Å². The Balaban J connectivity index is 1.45. The lowest BCUT2D eigenvalue weighted by Crippen LogP contribution is -2.23. The number of ether oxygens (including phenoxy) is 2. The van der Waals surface area contributed by atoms with Crippen LogP contribution in [0.4, 0.5) is 0 Å². The van der Waals surface area contributed by atoms with Crippen molar-refractivity contribution >= 4 is 11.6 Å². The second kappa shape index (κ2) is 8.08. The lowest BCUT2D eigenvalue weighted by Gasteiger charge is -2.21. The molecule has 1 saturated heterocycles. The summed E-state index contributed by atoms with van der Waals surface area (Å²) < 4.78 is 12.9. The molecule has 7 heteroatoms. The Hall–Kier alpha value is -2.41. The monoisotopic (exact) mass is 384 g/mol. The molecule has 27 heavy (non-hydrogen) atoms. The van der Waals surface area contributed by atoms with Crippen LogP contribution in [0.2, 0.25) is 5.02 Å². The van der Waals surface area contributed by atoms with Gasteiger partial charge in [0.05, 0.1) is 26.5 Å².